The van der Waals surface area contributed by atoms with Crippen molar-refractivity contribution in [3.63, 3.8) is 0 Å². The number of nitrogens with one attached hydrogen (secondary N) is 2. The molecule has 0 unspecified atom stereocenters. The highest BCUT2D eigenvalue weighted by atomic mass is 32.1. The molecule has 6 heteroatoms. The summed E-state index contributed by atoms with van der Waals surface area (Å²) in [7, 11) is 0. The Bertz CT molecular complexity index is 1010. The second kappa shape index (κ2) is 9.06. The molecule has 0 saturated carbocycles. The molecule has 2 aromatic heterocycles. The van der Waals surface area contributed by atoms with Crippen LogP contribution in [0.1, 0.15) is 48.4 Å². The van der Waals surface area contributed by atoms with E-state index in [1.54, 1.807) is 0 Å². The van der Waals surface area contributed by atoms with Crippen molar-refractivity contribution in [3.8, 4) is 5.00 Å². The average Bonchev–Trinajstić information content (AvgIpc) is 3.41. The summed E-state index contributed by atoms with van der Waals surface area (Å²) in [4.78, 5) is 16.7. The van der Waals surface area contributed by atoms with Gasteiger partial charge in [-0.1, -0.05) is 32.0 Å². The van der Waals surface area contributed by atoms with E-state index in [4.69, 9.17) is 0 Å². The SMILES string of the molecule is CCc1ccccc1NC(=O)N[C@@H](C)c1c(-n2cccc2)sc2c1CCN(CC)C2. The van der Waals surface area contributed by atoms with Crippen LogP contribution in [-0.4, -0.2) is 28.6 Å². The van der Waals surface area contributed by atoms with Crippen LogP contribution in [-0.2, 0) is 19.4 Å². The zero-order chi connectivity index (χ0) is 21.1. The predicted molar refractivity (Wildman–Crippen MR) is 125 cm³/mol. The van der Waals surface area contributed by atoms with Gasteiger partial charge < -0.3 is 15.2 Å². The quantitative estimate of drug-likeness (QED) is 0.562. The van der Waals surface area contributed by atoms with Gasteiger partial charge in [0.15, 0.2) is 0 Å². The second-order valence-electron chi connectivity index (χ2n) is 7.76. The van der Waals surface area contributed by atoms with Crippen LogP contribution in [0.25, 0.3) is 5.00 Å². The van der Waals surface area contributed by atoms with Crippen LogP contribution >= 0.6 is 11.3 Å². The van der Waals surface area contributed by atoms with Crippen molar-refractivity contribution in [2.45, 2.75) is 46.2 Å². The largest absolute Gasteiger partial charge is 0.331 e. The molecule has 1 atom stereocenters. The first-order valence-electron chi connectivity index (χ1n) is 10.8. The lowest BCUT2D eigenvalue weighted by Gasteiger charge is -2.27. The summed E-state index contributed by atoms with van der Waals surface area (Å²) in [5, 5.41) is 7.45. The van der Waals surface area contributed by atoms with Crippen LogP contribution in [0.3, 0.4) is 0 Å². The fourth-order valence-corrected chi connectivity index (χ4v) is 5.68. The molecule has 0 spiro atoms. The number of amides is 2. The van der Waals surface area contributed by atoms with Crippen LogP contribution in [0, 0.1) is 0 Å². The third kappa shape index (κ3) is 4.16. The lowest BCUT2D eigenvalue weighted by Crippen LogP contribution is -2.33. The third-order valence-electron chi connectivity index (χ3n) is 5.87. The number of carbonyl (C=O) groups excluding carboxylic acids is 1. The summed E-state index contributed by atoms with van der Waals surface area (Å²) in [6.45, 7) is 9.54. The molecule has 0 bridgehead atoms. The van der Waals surface area contributed by atoms with Gasteiger partial charge in [-0.15, -0.1) is 11.3 Å². The molecule has 1 aliphatic rings. The highest BCUT2D eigenvalue weighted by Crippen LogP contribution is 2.39. The first-order chi connectivity index (χ1) is 14.6. The summed E-state index contributed by atoms with van der Waals surface area (Å²) in [5.74, 6) is 0. The first kappa shape index (κ1) is 20.7. The van der Waals surface area contributed by atoms with Crippen molar-refractivity contribution in [3.05, 3.63) is 70.4 Å². The molecule has 158 valence electrons. The number of hydrogen-bond donors (Lipinski definition) is 2. The Labute approximate surface area is 182 Å². The van der Waals surface area contributed by atoms with Crippen molar-refractivity contribution in [2.24, 2.45) is 0 Å². The van der Waals surface area contributed by atoms with E-state index in [2.05, 4.69) is 59.3 Å². The summed E-state index contributed by atoms with van der Waals surface area (Å²) >= 11 is 1.85. The van der Waals surface area contributed by atoms with Crippen LogP contribution in [0.15, 0.2) is 48.8 Å². The van der Waals surface area contributed by atoms with Crippen molar-refractivity contribution in [1.82, 2.24) is 14.8 Å². The standard InChI is InChI=1S/C24H30N4OS/c1-4-18-10-6-7-11-20(18)26-24(29)25-17(3)22-19-12-15-27(5-2)16-21(19)30-23(22)28-13-8-9-14-28/h6-11,13-14,17H,4-5,12,15-16H2,1-3H3,(H2,25,26,29)/t17-/m0/s1. The van der Waals surface area contributed by atoms with Crippen molar-refractivity contribution < 1.29 is 4.79 Å². The number of nitrogens with zero attached hydrogens (tertiary/aromatic N) is 2. The maximum absolute atomic E-state index is 12.8. The minimum atomic E-state index is -0.159. The lowest BCUT2D eigenvalue weighted by atomic mass is 9.98. The number of para-hydroxylation sites is 1. The lowest BCUT2D eigenvalue weighted by molar-refractivity contribution is 0.249. The van der Waals surface area contributed by atoms with Gasteiger partial charge in [0.25, 0.3) is 0 Å². The zero-order valence-electron chi connectivity index (χ0n) is 17.9. The molecule has 4 rings (SSSR count). The van der Waals surface area contributed by atoms with Gasteiger partial charge >= 0.3 is 6.03 Å². The Balaban J connectivity index is 1.59. The number of carbonyl (C=O) groups is 1. The highest BCUT2D eigenvalue weighted by Gasteiger charge is 2.28. The highest BCUT2D eigenvalue weighted by molar-refractivity contribution is 7.15. The van der Waals surface area contributed by atoms with E-state index in [9.17, 15) is 4.79 Å². The van der Waals surface area contributed by atoms with E-state index >= 15 is 0 Å². The number of aryl methyl sites for hydroxylation is 1. The van der Waals surface area contributed by atoms with Crippen LogP contribution in [0.5, 0.6) is 0 Å². The van der Waals surface area contributed by atoms with Crippen LogP contribution < -0.4 is 10.6 Å². The van der Waals surface area contributed by atoms with Gasteiger partial charge in [0.1, 0.15) is 5.00 Å². The number of hydrogen-bond acceptors (Lipinski definition) is 3. The minimum absolute atomic E-state index is 0.0793. The average molecular weight is 423 g/mol. The zero-order valence-corrected chi connectivity index (χ0v) is 18.8. The molecule has 1 aliphatic heterocycles. The smallest absolute Gasteiger partial charge is 0.319 e. The van der Waals surface area contributed by atoms with Gasteiger partial charge in [0.2, 0.25) is 0 Å². The molecule has 1 aromatic carbocycles. The molecule has 30 heavy (non-hydrogen) atoms. The number of thiophene rings is 1. The first-order valence-corrected chi connectivity index (χ1v) is 11.6. The third-order valence-corrected chi connectivity index (χ3v) is 7.12. The Hall–Kier alpha value is -2.57. The topological polar surface area (TPSA) is 49.3 Å². The normalized spacial score (nSPS) is 14.9. The minimum Gasteiger partial charge on any atom is -0.331 e. The molecule has 2 amide bonds. The van der Waals surface area contributed by atoms with Gasteiger partial charge in [0.05, 0.1) is 6.04 Å². The number of rotatable bonds is 6. The van der Waals surface area contributed by atoms with Crippen molar-refractivity contribution in [2.75, 3.05) is 18.4 Å². The maximum atomic E-state index is 12.8. The molecule has 5 nitrogen and oxygen atoms in total. The van der Waals surface area contributed by atoms with Gasteiger partial charge in [-0.2, -0.15) is 0 Å². The van der Waals surface area contributed by atoms with E-state index < -0.39 is 0 Å². The van der Waals surface area contributed by atoms with E-state index in [-0.39, 0.29) is 12.1 Å². The fourth-order valence-electron chi connectivity index (χ4n) is 4.22. The predicted octanol–water partition coefficient (Wildman–Crippen LogP) is 5.36. The van der Waals surface area contributed by atoms with E-state index in [0.29, 0.717) is 0 Å². The van der Waals surface area contributed by atoms with E-state index in [1.807, 2.05) is 41.7 Å². The number of fused-ring (bicyclic) bond motifs is 1. The monoisotopic (exact) mass is 422 g/mol. The van der Waals surface area contributed by atoms with Crippen LogP contribution in [0.2, 0.25) is 0 Å². The van der Waals surface area contributed by atoms with Crippen LogP contribution in [0.4, 0.5) is 10.5 Å². The summed E-state index contributed by atoms with van der Waals surface area (Å²) in [6.07, 6.45) is 6.09. The van der Waals surface area contributed by atoms with Crippen molar-refractivity contribution >= 4 is 23.1 Å². The Morgan fingerprint density at radius 1 is 1.17 bits per heavy atom. The Kier molecular flexibility index (Phi) is 6.25. The number of likely N-dealkylation sites (N-methyl/N-ethyl adjacent to an activating group) is 1. The van der Waals surface area contributed by atoms with Crippen molar-refractivity contribution in [1.29, 1.82) is 0 Å². The van der Waals surface area contributed by atoms with Gasteiger partial charge in [0, 0.05) is 41.6 Å². The Morgan fingerprint density at radius 2 is 1.93 bits per heavy atom. The maximum Gasteiger partial charge on any atom is 0.319 e. The molecule has 0 fully saturated rings. The van der Waals surface area contributed by atoms with Gasteiger partial charge in [-0.3, -0.25) is 4.90 Å². The van der Waals surface area contributed by atoms with Gasteiger partial charge in [-0.05, 0) is 55.6 Å². The molecule has 0 aliphatic carbocycles. The number of anilines is 1. The second-order valence-corrected chi connectivity index (χ2v) is 8.85. The number of urea groups is 1. The molecule has 2 N–H and O–H groups in total. The molecule has 0 saturated heterocycles. The van der Waals surface area contributed by atoms with Gasteiger partial charge in [-0.25, -0.2) is 4.79 Å². The molecular formula is C24H30N4OS. The summed E-state index contributed by atoms with van der Waals surface area (Å²) in [5.41, 5.74) is 4.68. The summed E-state index contributed by atoms with van der Waals surface area (Å²) < 4.78 is 2.18. The molecule has 0 radical (unpaired) electrons. The van der Waals surface area contributed by atoms with E-state index in [1.165, 1.54) is 21.0 Å². The molecule has 3 heterocycles. The molecular weight excluding hydrogens is 392 g/mol. The number of aromatic nitrogens is 1. The fraction of sp³-hybridized carbons (Fsp3) is 0.375. The van der Waals surface area contributed by atoms with E-state index in [0.717, 1.165) is 43.7 Å². The molecule has 3 aromatic rings. The summed E-state index contributed by atoms with van der Waals surface area (Å²) in [6, 6.07) is 11.8. The number of benzene rings is 1. The Morgan fingerprint density at radius 3 is 2.67 bits per heavy atom.